The fourth-order valence-electron chi connectivity index (χ4n) is 2.03. The van der Waals surface area contributed by atoms with E-state index in [1.807, 2.05) is 19.3 Å². The smallest absolute Gasteiger partial charge is 0.0756 e. The Morgan fingerprint density at radius 3 is 2.50 bits per heavy atom. The van der Waals surface area contributed by atoms with Gasteiger partial charge in [-0.15, -0.1) is 0 Å². The Bertz CT molecular complexity index is 308. The molecule has 3 nitrogen and oxygen atoms in total. The lowest BCUT2D eigenvalue weighted by molar-refractivity contribution is 0.460. The summed E-state index contributed by atoms with van der Waals surface area (Å²) in [7, 11) is 0. The van der Waals surface area contributed by atoms with E-state index >= 15 is 0 Å². The van der Waals surface area contributed by atoms with Gasteiger partial charge in [-0.1, -0.05) is 39.5 Å². The third kappa shape index (κ3) is 5.58. The molecule has 0 spiro atoms. The molecule has 1 aromatic heterocycles. The first-order chi connectivity index (χ1) is 8.77. The molecule has 1 atom stereocenters. The predicted octanol–water partition coefficient (Wildman–Crippen LogP) is 3.80. The van der Waals surface area contributed by atoms with Gasteiger partial charge in [-0.3, -0.25) is 9.97 Å². The van der Waals surface area contributed by atoms with E-state index in [4.69, 9.17) is 0 Å². The highest BCUT2D eigenvalue weighted by Gasteiger charge is 2.11. The second-order valence-electron chi connectivity index (χ2n) is 4.94. The van der Waals surface area contributed by atoms with Gasteiger partial charge in [0.05, 0.1) is 23.6 Å². The lowest BCUT2D eigenvalue weighted by atomic mass is 10.0. The van der Waals surface area contributed by atoms with Crippen LogP contribution in [-0.2, 0) is 0 Å². The highest BCUT2D eigenvalue weighted by atomic mass is 14.9. The van der Waals surface area contributed by atoms with Crippen molar-refractivity contribution in [1.29, 1.82) is 0 Å². The average Bonchev–Trinajstić information content (AvgIpc) is 2.39. The van der Waals surface area contributed by atoms with E-state index in [9.17, 15) is 0 Å². The summed E-state index contributed by atoms with van der Waals surface area (Å²) >= 11 is 0. The van der Waals surface area contributed by atoms with Crippen LogP contribution in [-0.4, -0.2) is 16.5 Å². The van der Waals surface area contributed by atoms with Gasteiger partial charge >= 0.3 is 0 Å². The molecule has 0 radical (unpaired) electrons. The van der Waals surface area contributed by atoms with E-state index < -0.39 is 0 Å². The molecule has 1 N–H and O–H groups in total. The molecule has 1 rings (SSSR count). The summed E-state index contributed by atoms with van der Waals surface area (Å²) in [5, 5.41) is 3.58. The van der Waals surface area contributed by atoms with Crippen molar-refractivity contribution in [2.24, 2.45) is 0 Å². The first-order valence-electron chi connectivity index (χ1n) is 7.29. The van der Waals surface area contributed by atoms with Crippen LogP contribution < -0.4 is 5.32 Å². The Morgan fingerprint density at radius 2 is 1.89 bits per heavy atom. The zero-order valence-electron chi connectivity index (χ0n) is 12.1. The summed E-state index contributed by atoms with van der Waals surface area (Å²) in [5.74, 6) is 0. The maximum Gasteiger partial charge on any atom is 0.0756 e. The third-order valence-electron chi connectivity index (χ3n) is 3.15. The highest BCUT2D eigenvalue weighted by Crippen LogP contribution is 2.18. The molecular weight excluding hydrogens is 222 g/mol. The van der Waals surface area contributed by atoms with Crippen molar-refractivity contribution in [3.05, 3.63) is 23.8 Å². The molecule has 0 aliphatic heterocycles. The molecule has 0 fully saturated rings. The van der Waals surface area contributed by atoms with Crippen molar-refractivity contribution in [1.82, 2.24) is 15.3 Å². The van der Waals surface area contributed by atoms with Crippen molar-refractivity contribution in [3.63, 3.8) is 0 Å². The molecule has 0 amide bonds. The number of aryl methyl sites for hydroxylation is 1. The SMILES string of the molecule is CCCCCCC(NCCC)c1cnc(C)cn1. The van der Waals surface area contributed by atoms with E-state index in [0.29, 0.717) is 6.04 Å². The molecule has 3 heteroatoms. The first-order valence-corrected chi connectivity index (χ1v) is 7.29. The number of rotatable bonds is 9. The second kappa shape index (κ2) is 9.03. The number of nitrogens with zero attached hydrogens (tertiary/aromatic N) is 2. The number of unbranched alkanes of at least 4 members (excludes halogenated alkanes) is 3. The van der Waals surface area contributed by atoms with Crippen LogP contribution in [0, 0.1) is 6.92 Å². The van der Waals surface area contributed by atoms with Crippen LogP contribution in [0.1, 0.15) is 69.8 Å². The van der Waals surface area contributed by atoms with Crippen LogP contribution >= 0.6 is 0 Å². The zero-order valence-corrected chi connectivity index (χ0v) is 12.1. The Morgan fingerprint density at radius 1 is 1.06 bits per heavy atom. The Kier molecular flexibility index (Phi) is 7.58. The van der Waals surface area contributed by atoms with Crippen molar-refractivity contribution in [2.45, 2.75) is 65.3 Å². The van der Waals surface area contributed by atoms with Crippen LogP contribution in [0.25, 0.3) is 0 Å². The normalized spacial score (nSPS) is 12.6. The van der Waals surface area contributed by atoms with Gasteiger partial charge < -0.3 is 5.32 Å². The van der Waals surface area contributed by atoms with Crippen LogP contribution in [0.3, 0.4) is 0 Å². The van der Waals surface area contributed by atoms with Crippen LogP contribution in [0.4, 0.5) is 0 Å². The van der Waals surface area contributed by atoms with Gasteiger partial charge in [0, 0.05) is 6.20 Å². The van der Waals surface area contributed by atoms with E-state index in [1.165, 1.54) is 25.7 Å². The number of aromatic nitrogens is 2. The second-order valence-corrected chi connectivity index (χ2v) is 4.94. The van der Waals surface area contributed by atoms with Gasteiger partial charge in [-0.2, -0.15) is 0 Å². The monoisotopic (exact) mass is 249 g/mol. The van der Waals surface area contributed by atoms with E-state index in [1.54, 1.807) is 0 Å². The highest BCUT2D eigenvalue weighted by molar-refractivity contribution is 5.05. The number of nitrogens with one attached hydrogen (secondary N) is 1. The minimum Gasteiger partial charge on any atom is -0.309 e. The molecule has 102 valence electrons. The molecule has 1 unspecified atom stereocenters. The predicted molar refractivity (Wildman–Crippen MR) is 76.6 cm³/mol. The molecule has 0 aliphatic carbocycles. The summed E-state index contributed by atoms with van der Waals surface area (Å²) in [6.07, 6.45) is 11.3. The molecule has 18 heavy (non-hydrogen) atoms. The van der Waals surface area contributed by atoms with Crippen molar-refractivity contribution >= 4 is 0 Å². The van der Waals surface area contributed by atoms with Gasteiger partial charge in [0.2, 0.25) is 0 Å². The Labute approximate surface area is 111 Å². The van der Waals surface area contributed by atoms with Crippen molar-refractivity contribution in [3.8, 4) is 0 Å². The molecule has 0 saturated carbocycles. The fourth-order valence-corrected chi connectivity index (χ4v) is 2.03. The largest absolute Gasteiger partial charge is 0.309 e. The third-order valence-corrected chi connectivity index (χ3v) is 3.15. The average molecular weight is 249 g/mol. The molecular formula is C15H27N3. The minimum atomic E-state index is 0.370. The minimum absolute atomic E-state index is 0.370. The fraction of sp³-hybridized carbons (Fsp3) is 0.733. The molecule has 0 aromatic carbocycles. The van der Waals surface area contributed by atoms with Crippen LogP contribution in [0.15, 0.2) is 12.4 Å². The standard InChI is InChI=1S/C15H27N3/c1-4-6-7-8-9-14(16-10-5-2)15-12-17-13(3)11-18-15/h11-12,14,16H,4-10H2,1-3H3. The number of hydrogen-bond donors (Lipinski definition) is 1. The summed E-state index contributed by atoms with van der Waals surface area (Å²) in [6, 6.07) is 0.370. The summed E-state index contributed by atoms with van der Waals surface area (Å²) in [4.78, 5) is 8.86. The van der Waals surface area contributed by atoms with E-state index in [2.05, 4.69) is 29.1 Å². The first kappa shape index (κ1) is 15.1. The van der Waals surface area contributed by atoms with Gasteiger partial charge in [0.15, 0.2) is 0 Å². The zero-order chi connectivity index (χ0) is 13.2. The van der Waals surface area contributed by atoms with Gasteiger partial charge in [-0.05, 0) is 26.3 Å². The molecule has 0 saturated heterocycles. The van der Waals surface area contributed by atoms with Crippen LogP contribution in [0.5, 0.6) is 0 Å². The van der Waals surface area contributed by atoms with Crippen molar-refractivity contribution in [2.75, 3.05) is 6.54 Å². The van der Waals surface area contributed by atoms with Crippen molar-refractivity contribution < 1.29 is 0 Å². The quantitative estimate of drug-likeness (QED) is 0.676. The maximum atomic E-state index is 4.51. The summed E-state index contributed by atoms with van der Waals surface area (Å²) in [6.45, 7) is 7.47. The number of hydrogen-bond acceptors (Lipinski definition) is 3. The van der Waals surface area contributed by atoms with Gasteiger partial charge in [0.25, 0.3) is 0 Å². The maximum absolute atomic E-state index is 4.51. The topological polar surface area (TPSA) is 37.8 Å². The molecule has 0 bridgehead atoms. The van der Waals surface area contributed by atoms with Gasteiger partial charge in [-0.25, -0.2) is 0 Å². The molecule has 1 aromatic rings. The lowest BCUT2D eigenvalue weighted by Crippen LogP contribution is -2.23. The molecule has 1 heterocycles. The van der Waals surface area contributed by atoms with E-state index in [0.717, 1.165) is 30.8 Å². The lowest BCUT2D eigenvalue weighted by Gasteiger charge is -2.17. The Hall–Kier alpha value is -0.960. The van der Waals surface area contributed by atoms with E-state index in [-0.39, 0.29) is 0 Å². The van der Waals surface area contributed by atoms with Crippen LogP contribution in [0.2, 0.25) is 0 Å². The summed E-state index contributed by atoms with van der Waals surface area (Å²) < 4.78 is 0. The van der Waals surface area contributed by atoms with Gasteiger partial charge in [0.1, 0.15) is 0 Å². The molecule has 0 aliphatic rings. The Balaban J connectivity index is 2.51. The summed E-state index contributed by atoms with van der Waals surface area (Å²) in [5.41, 5.74) is 2.07.